The second kappa shape index (κ2) is 9.99. The summed E-state index contributed by atoms with van der Waals surface area (Å²) in [5.41, 5.74) is 0. The number of ether oxygens (including phenoxy) is 2. The predicted molar refractivity (Wildman–Crippen MR) is 67.7 cm³/mol. The number of hydrogen-bond acceptors (Lipinski definition) is 5. The van der Waals surface area contributed by atoms with E-state index in [-0.39, 0.29) is 0 Å². The van der Waals surface area contributed by atoms with Crippen LogP contribution >= 0.6 is 0 Å². The molecule has 0 aliphatic carbocycles. The third-order valence-corrected chi connectivity index (χ3v) is 4.95. The normalized spacial score (nSPS) is 12.4. The third-order valence-electron chi connectivity index (χ3n) is 1.96. The zero-order valence-corrected chi connectivity index (χ0v) is 12.7. The monoisotopic (exact) mass is 266 g/mol. The second-order valence-electron chi connectivity index (χ2n) is 3.15. The zero-order valence-electron chi connectivity index (χ0n) is 11.7. The summed E-state index contributed by atoms with van der Waals surface area (Å²) < 4.78 is 28.3. The molecule has 0 fully saturated rings. The highest BCUT2D eigenvalue weighted by Crippen LogP contribution is 2.19. The minimum absolute atomic E-state index is 0.517. The van der Waals surface area contributed by atoms with Gasteiger partial charge < -0.3 is 22.8 Å². The quantitative estimate of drug-likeness (QED) is 0.423. The summed E-state index contributed by atoms with van der Waals surface area (Å²) in [5, 5.41) is 0. The second-order valence-corrected chi connectivity index (χ2v) is 5.69. The first kappa shape index (κ1) is 17.0. The first-order valence-electron chi connectivity index (χ1n) is 6.35. The Kier molecular flexibility index (Phi) is 10.00. The Morgan fingerprint density at radius 1 is 0.647 bits per heavy atom. The van der Waals surface area contributed by atoms with Gasteiger partial charge in [-0.15, -0.1) is 0 Å². The fourth-order valence-electron chi connectivity index (χ4n) is 1.49. The maximum atomic E-state index is 5.72. The van der Waals surface area contributed by atoms with Gasteiger partial charge in [0, 0.05) is 33.0 Å². The van der Waals surface area contributed by atoms with E-state index in [2.05, 4.69) is 0 Å². The molecule has 0 rings (SSSR count). The molecule has 0 atom stereocenters. The van der Waals surface area contributed by atoms with Crippen molar-refractivity contribution < 1.29 is 22.8 Å². The van der Waals surface area contributed by atoms with E-state index in [9.17, 15) is 0 Å². The van der Waals surface area contributed by atoms with Crippen LogP contribution < -0.4 is 0 Å². The summed E-state index contributed by atoms with van der Waals surface area (Å²) in [6.45, 7) is 12.2. The third kappa shape index (κ3) is 5.46. The van der Waals surface area contributed by atoms with Gasteiger partial charge in [0.15, 0.2) is 0 Å². The molecule has 0 radical (unpaired) electrons. The lowest BCUT2D eigenvalue weighted by Gasteiger charge is -2.34. The summed E-state index contributed by atoms with van der Waals surface area (Å²) in [7, 11) is -2.91. The van der Waals surface area contributed by atoms with Crippen LogP contribution in [0.3, 0.4) is 0 Å². The van der Waals surface area contributed by atoms with Crippen LogP contribution in [0.2, 0.25) is 0 Å². The van der Waals surface area contributed by atoms with Crippen LogP contribution in [0.4, 0.5) is 0 Å². The Labute approximate surface area is 106 Å². The van der Waals surface area contributed by atoms with Crippen molar-refractivity contribution in [1.82, 2.24) is 0 Å². The van der Waals surface area contributed by atoms with Gasteiger partial charge >= 0.3 is 8.80 Å². The van der Waals surface area contributed by atoms with E-state index in [1.54, 1.807) is 0 Å². The molecule has 0 aromatic carbocycles. The molecule has 0 bridgehead atoms. The van der Waals surface area contributed by atoms with Crippen molar-refractivity contribution in [2.75, 3.05) is 33.0 Å². The van der Waals surface area contributed by atoms with Crippen LogP contribution in [-0.2, 0) is 22.8 Å². The van der Waals surface area contributed by atoms with Gasteiger partial charge in [0.25, 0.3) is 0 Å². The largest absolute Gasteiger partial charge is 0.560 e. The summed E-state index contributed by atoms with van der Waals surface area (Å²) >= 11 is 0. The van der Waals surface area contributed by atoms with Gasteiger partial charge in [0.05, 0.1) is 0 Å². The molecule has 5 nitrogen and oxygen atoms in total. The zero-order chi connectivity index (χ0) is 13.1. The van der Waals surface area contributed by atoms with E-state index >= 15 is 0 Å². The maximum Gasteiger partial charge on any atom is 0.560 e. The van der Waals surface area contributed by atoms with E-state index in [0.29, 0.717) is 33.0 Å². The molecular weight excluding hydrogens is 240 g/mol. The summed E-state index contributed by atoms with van der Waals surface area (Å²) in [4.78, 5) is 0. The highest BCUT2D eigenvalue weighted by Gasteiger charge is 2.51. The summed E-state index contributed by atoms with van der Waals surface area (Å²) in [5.74, 6) is -0.544. The molecule has 0 spiro atoms. The highest BCUT2D eigenvalue weighted by atomic mass is 28.4. The van der Waals surface area contributed by atoms with E-state index < -0.39 is 14.7 Å². The molecule has 0 amide bonds. The Bertz CT molecular complexity index is 156. The lowest BCUT2D eigenvalue weighted by Crippen LogP contribution is -2.58. The maximum absolute atomic E-state index is 5.72. The van der Waals surface area contributed by atoms with E-state index in [1.165, 1.54) is 0 Å². The van der Waals surface area contributed by atoms with E-state index in [0.717, 1.165) is 0 Å². The van der Waals surface area contributed by atoms with Crippen LogP contribution in [0.1, 0.15) is 34.6 Å². The van der Waals surface area contributed by atoms with Gasteiger partial charge in [-0.05, 0) is 34.6 Å². The molecule has 0 saturated carbocycles. The van der Waals surface area contributed by atoms with Gasteiger partial charge in [0.2, 0.25) is 5.91 Å². The van der Waals surface area contributed by atoms with Gasteiger partial charge in [-0.2, -0.15) is 0 Å². The minimum Gasteiger partial charge on any atom is -0.371 e. The molecule has 0 heterocycles. The molecule has 0 N–H and O–H groups in total. The first-order chi connectivity index (χ1) is 8.20. The van der Waals surface area contributed by atoms with Crippen molar-refractivity contribution in [3.63, 3.8) is 0 Å². The van der Waals surface area contributed by atoms with Crippen molar-refractivity contribution in [2.24, 2.45) is 0 Å². The van der Waals surface area contributed by atoms with Crippen LogP contribution in [0, 0.1) is 0 Å². The molecule has 17 heavy (non-hydrogen) atoms. The fraction of sp³-hybridized carbons (Fsp3) is 1.00. The molecule has 0 aromatic heterocycles. The average molecular weight is 266 g/mol. The molecule has 0 aromatic rings. The number of hydrogen-bond donors (Lipinski definition) is 0. The lowest BCUT2D eigenvalue weighted by molar-refractivity contribution is -0.137. The Balaban J connectivity index is 4.87. The van der Waals surface area contributed by atoms with Crippen LogP contribution in [0.5, 0.6) is 0 Å². The molecule has 0 unspecified atom stereocenters. The topological polar surface area (TPSA) is 46.2 Å². The van der Waals surface area contributed by atoms with Gasteiger partial charge in [-0.1, -0.05) is 0 Å². The van der Waals surface area contributed by atoms with Crippen LogP contribution in [0.15, 0.2) is 0 Å². The minimum atomic E-state index is -2.91. The summed E-state index contributed by atoms with van der Waals surface area (Å²) in [6, 6.07) is 0. The standard InChI is InChI=1S/C11H26O5Si/c1-6-12-11(13-7-2)17(14-8-3,15-9-4)16-10-5/h11H,6-10H2,1-5H3. The van der Waals surface area contributed by atoms with E-state index in [1.807, 2.05) is 34.6 Å². The molecule has 6 heteroatoms. The Morgan fingerprint density at radius 3 is 1.24 bits per heavy atom. The van der Waals surface area contributed by atoms with Crippen molar-refractivity contribution in [3.8, 4) is 0 Å². The first-order valence-corrected chi connectivity index (χ1v) is 8.15. The SMILES string of the molecule is CCOC(OCC)[Si](OCC)(OCC)OCC. The van der Waals surface area contributed by atoms with Crippen LogP contribution in [-0.4, -0.2) is 47.8 Å². The fourth-order valence-corrected chi connectivity index (χ4v) is 4.09. The van der Waals surface area contributed by atoms with E-state index in [4.69, 9.17) is 22.8 Å². The van der Waals surface area contributed by atoms with Crippen LogP contribution in [0.25, 0.3) is 0 Å². The lowest BCUT2D eigenvalue weighted by atomic mass is 10.8. The average Bonchev–Trinajstić information content (AvgIpc) is 2.29. The molecule has 0 saturated heterocycles. The van der Waals surface area contributed by atoms with Crippen molar-refractivity contribution in [1.29, 1.82) is 0 Å². The molecule has 104 valence electrons. The Morgan fingerprint density at radius 2 is 1.00 bits per heavy atom. The molecular formula is C11H26O5Si. The smallest absolute Gasteiger partial charge is 0.371 e. The predicted octanol–water partition coefficient (Wildman–Crippen LogP) is 1.97. The highest BCUT2D eigenvalue weighted by molar-refractivity contribution is 6.61. The van der Waals surface area contributed by atoms with Gasteiger partial charge in [-0.3, -0.25) is 0 Å². The summed E-state index contributed by atoms with van der Waals surface area (Å²) in [6.07, 6.45) is 0. The van der Waals surface area contributed by atoms with Gasteiger partial charge in [0.1, 0.15) is 0 Å². The van der Waals surface area contributed by atoms with Crippen molar-refractivity contribution in [2.45, 2.75) is 40.5 Å². The van der Waals surface area contributed by atoms with Crippen molar-refractivity contribution in [3.05, 3.63) is 0 Å². The number of rotatable bonds is 11. The van der Waals surface area contributed by atoms with Crippen molar-refractivity contribution >= 4 is 8.80 Å². The Hall–Kier alpha value is 0.0169. The molecule has 0 aliphatic rings. The molecule has 0 aliphatic heterocycles. The van der Waals surface area contributed by atoms with Gasteiger partial charge in [-0.25, -0.2) is 0 Å².